The molecule has 110 valence electrons. The summed E-state index contributed by atoms with van der Waals surface area (Å²) in [6, 6.07) is 19.3. The second-order valence-corrected chi connectivity index (χ2v) is 5.35. The van der Waals surface area contributed by atoms with Crippen LogP contribution < -0.4 is 0 Å². The van der Waals surface area contributed by atoms with Crippen LogP contribution in [0.25, 0.3) is 21.9 Å². The molecular weight excluding hydrogens is 275 g/mol. The van der Waals surface area contributed by atoms with Gasteiger partial charge in [-0.1, -0.05) is 55.5 Å². The number of carbonyl (C=O) groups is 1. The standard InChI is InChI=1S/C20H17FO/c1-2-20(22)17-11-16-5-3-4-6-18(16)19(12-17)15-9-7-14(13-21)8-10-15/h3-12H,2,13H2,1H3. The average molecular weight is 292 g/mol. The van der Waals surface area contributed by atoms with Gasteiger partial charge in [0, 0.05) is 12.0 Å². The van der Waals surface area contributed by atoms with E-state index in [0.717, 1.165) is 27.5 Å². The van der Waals surface area contributed by atoms with Crippen molar-refractivity contribution in [3.05, 3.63) is 71.8 Å². The van der Waals surface area contributed by atoms with Crippen LogP contribution in [0.15, 0.2) is 60.7 Å². The lowest BCUT2D eigenvalue weighted by Crippen LogP contribution is -1.97. The highest BCUT2D eigenvalue weighted by Crippen LogP contribution is 2.31. The Morgan fingerprint density at radius 1 is 1.00 bits per heavy atom. The molecule has 0 heterocycles. The normalized spacial score (nSPS) is 10.8. The Balaban J connectivity index is 2.23. The molecule has 0 radical (unpaired) electrons. The van der Waals surface area contributed by atoms with Gasteiger partial charge in [0.05, 0.1) is 0 Å². The maximum atomic E-state index is 12.7. The Morgan fingerprint density at radius 2 is 1.73 bits per heavy atom. The molecule has 0 unspecified atom stereocenters. The molecule has 0 amide bonds. The van der Waals surface area contributed by atoms with Crippen LogP contribution in [-0.2, 0) is 6.67 Å². The maximum Gasteiger partial charge on any atom is 0.162 e. The van der Waals surface area contributed by atoms with Crippen molar-refractivity contribution in [3.8, 4) is 11.1 Å². The Hall–Kier alpha value is -2.48. The summed E-state index contributed by atoms with van der Waals surface area (Å²) in [6.07, 6.45) is 0.485. The highest BCUT2D eigenvalue weighted by Gasteiger charge is 2.10. The number of hydrogen-bond acceptors (Lipinski definition) is 1. The molecule has 0 aliphatic carbocycles. The molecule has 0 aromatic heterocycles. The average Bonchev–Trinajstić information content (AvgIpc) is 2.60. The van der Waals surface area contributed by atoms with Gasteiger partial charge in [-0.15, -0.1) is 0 Å². The smallest absolute Gasteiger partial charge is 0.162 e. The van der Waals surface area contributed by atoms with Crippen LogP contribution in [0.2, 0.25) is 0 Å². The van der Waals surface area contributed by atoms with Crippen LogP contribution in [0.3, 0.4) is 0 Å². The van der Waals surface area contributed by atoms with E-state index in [1.165, 1.54) is 0 Å². The van der Waals surface area contributed by atoms with Crippen molar-refractivity contribution in [3.63, 3.8) is 0 Å². The van der Waals surface area contributed by atoms with E-state index in [2.05, 4.69) is 0 Å². The van der Waals surface area contributed by atoms with Crippen molar-refractivity contribution in [2.24, 2.45) is 0 Å². The summed E-state index contributed by atoms with van der Waals surface area (Å²) < 4.78 is 12.7. The second-order valence-electron chi connectivity index (χ2n) is 5.35. The van der Waals surface area contributed by atoms with Crippen molar-refractivity contribution in [1.82, 2.24) is 0 Å². The van der Waals surface area contributed by atoms with Gasteiger partial charge in [0.25, 0.3) is 0 Å². The summed E-state index contributed by atoms with van der Waals surface area (Å²) in [7, 11) is 0. The van der Waals surface area contributed by atoms with E-state index in [-0.39, 0.29) is 5.78 Å². The molecule has 0 fully saturated rings. The molecule has 3 aromatic rings. The number of fused-ring (bicyclic) bond motifs is 1. The zero-order chi connectivity index (χ0) is 15.5. The number of rotatable bonds is 4. The number of benzene rings is 3. The molecule has 1 nitrogen and oxygen atoms in total. The van der Waals surface area contributed by atoms with E-state index in [0.29, 0.717) is 12.0 Å². The molecular formula is C20H17FO. The van der Waals surface area contributed by atoms with Crippen molar-refractivity contribution in [1.29, 1.82) is 0 Å². The van der Waals surface area contributed by atoms with Gasteiger partial charge in [0.1, 0.15) is 6.67 Å². The Bertz CT molecular complexity index is 819. The van der Waals surface area contributed by atoms with Crippen molar-refractivity contribution < 1.29 is 9.18 Å². The van der Waals surface area contributed by atoms with Gasteiger partial charge in [0.2, 0.25) is 0 Å². The van der Waals surface area contributed by atoms with Crippen LogP contribution in [0, 0.1) is 0 Å². The second kappa shape index (κ2) is 6.10. The lowest BCUT2D eigenvalue weighted by atomic mass is 9.93. The first-order chi connectivity index (χ1) is 10.7. The minimum atomic E-state index is -0.463. The van der Waals surface area contributed by atoms with Gasteiger partial charge < -0.3 is 0 Å². The molecule has 0 atom stereocenters. The molecule has 0 saturated carbocycles. The van der Waals surface area contributed by atoms with Crippen LogP contribution in [0.4, 0.5) is 4.39 Å². The minimum absolute atomic E-state index is 0.132. The third-order valence-electron chi connectivity index (χ3n) is 3.92. The minimum Gasteiger partial charge on any atom is -0.294 e. The Morgan fingerprint density at radius 3 is 2.41 bits per heavy atom. The number of ketones is 1. The highest BCUT2D eigenvalue weighted by molar-refractivity contribution is 6.05. The zero-order valence-electron chi connectivity index (χ0n) is 12.5. The van der Waals surface area contributed by atoms with Gasteiger partial charge in [-0.25, -0.2) is 4.39 Å². The number of hydrogen-bond donors (Lipinski definition) is 0. The summed E-state index contributed by atoms with van der Waals surface area (Å²) in [6.45, 7) is 1.41. The lowest BCUT2D eigenvalue weighted by Gasteiger charge is -2.10. The summed E-state index contributed by atoms with van der Waals surface area (Å²) in [5, 5.41) is 2.15. The van der Waals surface area contributed by atoms with Crippen LogP contribution in [0.5, 0.6) is 0 Å². The summed E-state index contributed by atoms with van der Waals surface area (Å²) >= 11 is 0. The zero-order valence-corrected chi connectivity index (χ0v) is 12.5. The summed E-state index contributed by atoms with van der Waals surface area (Å²) in [5.41, 5.74) is 3.40. The van der Waals surface area contributed by atoms with Crippen molar-refractivity contribution in [2.75, 3.05) is 0 Å². The molecule has 3 rings (SSSR count). The third kappa shape index (κ3) is 2.64. The van der Waals surface area contributed by atoms with E-state index >= 15 is 0 Å². The fourth-order valence-corrected chi connectivity index (χ4v) is 2.69. The first-order valence-electron chi connectivity index (χ1n) is 7.44. The van der Waals surface area contributed by atoms with E-state index in [1.54, 1.807) is 12.1 Å². The van der Waals surface area contributed by atoms with E-state index in [4.69, 9.17) is 0 Å². The Labute approximate surface area is 129 Å². The Kier molecular flexibility index (Phi) is 4.01. The van der Waals surface area contributed by atoms with E-state index < -0.39 is 6.67 Å². The van der Waals surface area contributed by atoms with Gasteiger partial charge in [-0.2, -0.15) is 0 Å². The molecule has 22 heavy (non-hydrogen) atoms. The quantitative estimate of drug-likeness (QED) is 0.575. The van der Waals surface area contributed by atoms with E-state index in [9.17, 15) is 9.18 Å². The topological polar surface area (TPSA) is 17.1 Å². The number of halogens is 1. The number of Topliss-reactive ketones (excluding diaryl/α,β-unsaturated/α-hetero) is 1. The van der Waals surface area contributed by atoms with Crippen molar-refractivity contribution in [2.45, 2.75) is 20.0 Å². The summed E-state index contributed by atoms with van der Waals surface area (Å²) in [4.78, 5) is 12.1. The fraction of sp³-hybridized carbons (Fsp3) is 0.150. The largest absolute Gasteiger partial charge is 0.294 e. The van der Waals surface area contributed by atoms with Gasteiger partial charge >= 0.3 is 0 Å². The van der Waals surface area contributed by atoms with Crippen molar-refractivity contribution >= 4 is 16.6 Å². The highest BCUT2D eigenvalue weighted by atomic mass is 19.1. The van der Waals surface area contributed by atoms with Gasteiger partial charge in [0.15, 0.2) is 5.78 Å². The third-order valence-corrected chi connectivity index (χ3v) is 3.92. The van der Waals surface area contributed by atoms with Crippen LogP contribution in [-0.4, -0.2) is 5.78 Å². The van der Waals surface area contributed by atoms with Gasteiger partial charge in [-0.3, -0.25) is 4.79 Å². The van der Waals surface area contributed by atoms with Crippen LogP contribution >= 0.6 is 0 Å². The SMILES string of the molecule is CCC(=O)c1cc(-c2ccc(CF)cc2)c2ccccc2c1. The molecule has 0 aliphatic heterocycles. The molecule has 2 heteroatoms. The fourth-order valence-electron chi connectivity index (χ4n) is 2.69. The number of carbonyl (C=O) groups excluding carboxylic acids is 1. The number of alkyl halides is 1. The first kappa shape index (κ1) is 14.5. The lowest BCUT2D eigenvalue weighted by molar-refractivity contribution is 0.0988. The molecule has 0 spiro atoms. The first-order valence-corrected chi connectivity index (χ1v) is 7.44. The molecule has 0 saturated heterocycles. The monoisotopic (exact) mass is 292 g/mol. The van der Waals surface area contributed by atoms with Crippen LogP contribution in [0.1, 0.15) is 29.3 Å². The van der Waals surface area contributed by atoms with Gasteiger partial charge in [-0.05, 0) is 39.6 Å². The molecule has 0 N–H and O–H groups in total. The summed E-state index contributed by atoms with van der Waals surface area (Å²) in [5.74, 6) is 0.132. The predicted molar refractivity (Wildman–Crippen MR) is 88.8 cm³/mol. The maximum absolute atomic E-state index is 12.7. The predicted octanol–water partition coefficient (Wildman–Crippen LogP) is 5.57. The molecule has 0 aliphatic rings. The molecule has 3 aromatic carbocycles. The van der Waals surface area contributed by atoms with E-state index in [1.807, 2.05) is 55.5 Å². The molecule has 0 bridgehead atoms.